The number of hydrogen-bond acceptors (Lipinski definition) is 6. The van der Waals surface area contributed by atoms with Crippen molar-refractivity contribution >= 4 is 40.9 Å². The van der Waals surface area contributed by atoms with E-state index in [9.17, 15) is 4.79 Å². The van der Waals surface area contributed by atoms with Crippen LogP contribution in [-0.2, 0) is 12.2 Å². The Kier molecular flexibility index (Phi) is 8.88. The summed E-state index contributed by atoms with van der Waals surface area (Å²) in [7, 11) is 0. The molecule has 0 saturated carbocycles. The highest BCUT2D eigenvalue weighted by atomic mass is 35.5. The second kappa shape index (κ2) is 13.3. The average Bonchev–Trinajstić information content (AvgIpc) is 3.69. The van der Waals surface area contributed by atoms with Crippen molar-refractivity contribution in [2.45, 2.75) is 23.4 Å². The summed E-state index contributed by atoms with van der Waals surface area (Å²) in [6.07, 6.45) is 1.95. The van der Waals surface area contributed by atoms with E-state index in [0.717, 1.165) is 28.2 Å². The first-order chi connectivity index (χ1) is 21.0. The van der Waals surface area contributed by atoms with Crippen LogP contribution in [-0.4, -0.2) is 25.7 Å². The molecule has 43 heavy (non-hydrogen) atoms. The summed E-state index contributed by atoms with van der Waals surface area (Å²) in [6.45, 7) is 0. The van der Waals surface area contributed by atoms with Gasteiger partial charge in [0, 0.05) is 6.42 Å². The van der Waals surface area contributed by atoms with E-state index in [2.05, 4.69) is 20.5 Å². The molecule has 4 aromatic carbocycles. The molecule has 6 rings (SSSR count). The largest absolute Gasteiger partial charge is 0.447 e. The molecule has 10 heteroatoms. The van der Waals surface area contributed by atoms with Crippen molar-refractivity contribution in [2.24, 2.45) is 0 Å². The number of oxazole rings is 1. The molecule has 1 amide bonds. The summed E-state index contributed by atoms with van der Waals surface area (Å²) < 4.78 is 7.64. The van der Waals surface area contributed by atoms with Crippen LogP contribution in [0.15, 0.2) is 125 Å². The number of nitrogens with zero attached hydrogens (tertiary/aromatic N) is 4. The molecule has 6 aromatic rings. The maximum atomic E-state index is 13.3. The third kappa shape index (κ3) is 6.83. The van der Waals surface area contributed by atoms with Crippen molar-refractivity contribution in [3.05, 3.63) is 160 Å². The molecule has 1 N–H and O–H groups in total. The van der Waals surface area contributed by atoms with Gasteiger partial charge < -0.3 is 9.73 Å². The molecule has 0 atom stereocenters. The van der Waals surface area contributed by atoms with Gasteiger partial charge in [-0.3, -0.25) is 9.36 Å². The lowest BCUT2D eigenvalue weighted by Gasteiger charge is -2.19. The highest BCUT2D eigenvalue weighted by Crippen LogP contribution is 2.30. The van der Waals surface area contributed by atoms with Gasteiger partial charge in [0.2, 0.25) is 5.89 Å². The van der Waals surface area contributed by atoms with Gasteiger partial charge in [-0.15, -0.1) is 10.2 Å². The van der Waals surface area contributed by atoms with Crippen molar-refractivity contribution < 1.29 is 9.21 Å². The fourth-order valence-electron chi connectivity index (χ4n) is 4.63. The predicted octanol–water partition coefficient (Wildman–Crippen LogP) is 7.96. The molecular weight excluding hydrogens is 601 g/mol. The number of amides is 1. The zero-order valence-corrected chi connectivity index (χ0v) is 25.1. The molecule has 0 bridgehead atoms. The number of aromatic nitrogens is 4. The van der Waals surface area contributed by atoms with Gasteiger partial charge in [-0.05, 0) is 34.9 Å². The Bertz CT molecular complexity index is 1790. The van der Waals surface area contributed by atoms with E-state index in [4.69, 9.17) is 27.6 Å². The summed E-state index contributed by atoms with van der Waals surface area (Å²) >= 11 is 13.9. The van der Waals surface area contributed by atoms with Crippen LogP contribution in [0, 0.1) is 0 Å². The predicted molar refractivity (Wildman–Crippen MR) is 169 cm³/mol. The van der Waals surface area contributed by atoms with Gasteiger partial charge in [-0.1, -0.05) is 126 Å². The van der Waals surface area contributed by atoms with Crippen LogP contribution in [0.2, 0.25) is 10.0 Å². The highest BCUT2D eigenvalue weighted by molar-refractivity contribution is 7.98. The minimum absolute atomic E-state index is 0.197. The molecule has 2 aromatic heterocycles. The van der Waals surface area contributed by atoms with E-state index in [1.807, 2.05) is 102 Å². The summed E-state index contributed by atoms with van der Waals surface area (Å²) in [5, 5.41) is 13.6. The molecule has 7 nitrogen and oxygen atoms in total. The van der Waals surface area contributed by atoms with E-state index in [1.165, 1.54) is 18.0 Å². The van der Waals surface area contributed by atoms with Crippen molar-refractivity contribution in [2.75, 3.05) is 0 Å². The number of carbonyl (C=O) groups is 1. The number of rotatable bonds is 10. The maximum absolute atomic E-state index is 13.3. The van der Waals surface area contributed by atoms with Gasteiger partial charge in [0.05, 0.1) is 27.5 Å². The van der Waals surface area contributed by atoms with E-state index >= 15 is 0 Å². The number of thioether (sulfide) groups is 1. The van der Waals surface area contributed by atoms with Crippen LogP contribution in [0.25, 0.3) is 5.69 Å². The Hall–Kier alpha value is -4.37. The fourth-order valence-corrected chi connectivity index (χ4v) is 5.75. The smallest absolute Gasteiger partial charge is 0.273 e. The Balaban J connectivity index is 1.21. The molecule has 0 spiro atoms. The van der Waals surface area contributed by atoms with Crippen LogP contribution >= 0.6 is 35.0 Å². The van der Waals surface area contributed by atoms with Gasteiger partial charge in [0.15, 0.2) is 10.9 Å². The standard InChI is InChI=1S/C33H25Cl2N5O2S/c34-26-17-16-25(19-27(26)35)40-29(18-22-10-4-1-5-11-22)38-39-33(40)43-21-30-36-28(20-42-30)32(41)37-31(23-12-6-2-7-13-23)24-14-8-3-9-15-24/h1-17,19-20,31H,18,21H2,(H,37,41). The SMILES string of the molecule is O=C(NC(c1ccccc1)c1ccccc1)c1coc(CSc2nnc(Cc3ccccc3)n2-c2ccc(Cl)c(Cl)c2)n1. The lowest BCUT2D eigenvalue weighted by atomic mass is 9.98. The molecule has 0 radical (unpaired) electrons. The second-order valence-electron chi connectivity index (χ2n) is 9.64. The summed E-state index contributed by atoms with van der Waals surface area (Å²) in [5.41, 5.74) is 4.01. The normalized spacial score (nSPS) is 11.1. The Morgan fingerprint density at radius 3 is 2.14 bits per heavy atom. The molecule has 2 heterocycles. The van der Waals surface area contributed by atoms with Crippen molar-refractivity contribution in [1.82, 2.24) is 25.1 Å². The Morgan fingerprint density at radius 2 is 1.49 bits per heavy atom. The molecule has 0 aliphatic carbocycles. The second-order valence-corrected chi connectivity index (χ2v) is 11.4. The van der Waals surface area contributed by atoms with E-state index in [1.54, 1.807) is 12.1 Å². The molecular formula is C33H25Cl2N5O2S. The number of carbonyl (C=O) groups excluding carboxylic acids is 1. The lowest BCUT2D eigenvalue weighted by Crippen LogP contribution is -2.29. The van der Waals surface area contributed by atoms with Gasteiger partial charge in [0.25, 0.3) is 5.91 Å². The molecule has 0 saturated heterocycles. The van der Waals surface area contributed by atoms with Gasteiger partial charge in [-0.25, -0.2) is 4.98 Å². The quantitative estimate of drug-likeness (QED) is 0.155. The molecule has 0 aliphatic rings. The topological polar surface area (TPSA) is 85.8 Å². The monoisotopic (exact) mass is 625 g/mol. The maximum Gasteiger partial charge on any atom is 0.273 e. The zero-order valence-electron chi connectivity index (χ0n) is 22.7. The van der Waals surface area contributed by atoms with Crippen molar-refractivity contribution in [1.29, 1.82) is 0 Å². The van der Waals surface area contributed by atoms with Gasteiger partial charge >= 0.3 is 0 Å². The van der Waals surface area contributed by atoms with Crippen molar-refractivity contribution in [3.8, 4) is 5.69 Å². The lowest BCUT2D eigenvalue weighted by molar-refractivity contribution is 0.0938. The Morgan fingerprint density at radius 1 is 0.837 bits per heavy atom. The zero-order chi connectivity index (χ0) is 29.6. The van der Waals surface area contributed by atoms with Crippen LogP contribution in [0.1, 0.15) is 44.9 Å². The Labute approximate surface area is 262 Å². The fraction of sp³-hybridized carbons (Fsp3) is 0.0909. The summed E-state index contributed by atoms with van der Waals surface area (Å²) in [4.78, 5) is 17.7. The number of halogens is 2. The number of hydrogen-bond donors (Lipinski definition) is 1. The van der Waals surface area contributed by atoms with Gasteiger partial charge in [0.1, 0.15) is 12.1 Å². The first-order valence-corrected chi connectivity index (χ1v) is 15.2. The van der Waals surface area contributed by atoms with Crippen molar-refractivity contribution in [3.63, 3.8) is 0 Å². The first-order valence-electron chi connectivity index (χ1n) is 13.5. The summed E-state index contributed by atoms with van der Waals surface area (Å²) in [6, 6.07) is 34.7. The minimum Gasteiger partial charge on any atom is -0.447 e. The van der Waals surface area contributed by atoms with E-state index in [-0.39, 0.29) is 17.6 Å². The van der Waals surface area contributed by atoms with Crippen LogP contribution in [0.5, 0.6) is 0 Å². The third-order valence-corrected chi connectivity index (χ3v) is 8.37. The van der Waals surface area contributed by atoms with Crippen LogP contribution in [0.4, 0.5) is 0 Å². The molecule has 0 aliphatic heterocycles. The highest BCUT2D eigenvalue weighted by Gasteiger charge is 2.21. The average molecular weight is 627 g/mol. The number of benzene rings is 4. The van der Waals surface area contributed by atoms with E-state index < -0.39 is 0 Å². The molecule has 0 unspecified atom stereocenters. The molecule has 214 valence electrons. The summed E-state index contributed by atoms with van der Waals surface area (Å²) in [5.74, 6) is 1.13. The van der Waals surface area contributed by atoms with Gasteiger partial charge in [-0.2, -0.15) is 0 Å². The molecule has 0 fully saturated rings. The van der Waals surface area contributed by atoms with E-state index in [0.29, 0.717) is 33.3 Å². The third-order valence-electron chi connectivity index (χ3n) is 6.72. The first kappa shape index (κ1) is 28.7. The van der Waals surface area contributed by atoms with Crippen LogP contribution in [0.3, 0.4) is 0 Å². The van der Waals surface area contributed by atoms with Crippen LogP contribution < -0.4 is 5.32 Å². The number of nitrogens with one attached hydrogen (secondary N) is 1. The minimum atomic E-state index is -0.336.